The van der Waals surface area contributed by atoms with Crippen molar-refractivity contribution in [2.75, 3.05) is 20.0 Å². The number of carbonyl (C=O) groups excluding carboxylic acids is 1. The van der Waals surface area contributed by atoms with E-state index in [9.17, 15) is 4.79 Å². The summed E-state index contributed by atoms with van der Waals surface area (Å²) in [6.45, 7) is 6.59. The van der Waals surface area contributed by atoms with Crippen molar-refractivity contribution >= 4 is 5.97 Å². The smallest absolute Gasteiger partial charge is 0.333 e. The summed E-state index contributed by atoms with van der Waals surface area (Å²) >= 11 is 0. The van der Waals surface area contributed by atoms with Crippen LogP contribution in [0.2, 0.25) is 0 Å². The largest absolute Gasteiger partial charge is 0.475 e. The maximum atomic E-state index is 10.8. The summed E-state index contributed by atoms with van der Waals surface area (Å²) in [5.41, 5.74) is 0. The van der Waals surface area contributed by atoms with Crippen LogP contribution in [0.15, 0.2) is 12.3 Å². The van der Waals surface area contributed by atoms with Gasteiger partial charge < -0.3 is 18.9 Å². The van der Waals surface area contributed by atoms with Crippen LogP contribution in [0.3, 0.4) is 0 Å². The van der Waals surface area contributed by atoms with Crippen LogP contribution in [-0.2, 0) is 23.7 Å². The second kappa shape index (κ2) is 10.4. The van der Waals surface area contributed by atoms with E-state index in [1.165, 1.54) is 12.3 Å². The summed E-state index contributed by atoms with van der Waals surface area (Å²) in [6.07, 6.45) is 3.07. The van der Waals surface area contributed by atoms with E-state index >= 15 is 0 Å². The SMILES string of the molecule is CCCOC(C)OCO/C=C/C(=O)OCC. The van der Waals surface area contributed by atoms with Gasteiger partial charge in [0.25, 0.3) is 0 Å². The Kier molecular flexibility index (Phi) is 9.75. The van der Waals surface area contributed by atoms with Crippen LogP contribution in [0.25, 0.3) is 0 Å². The number of hydrogen-bond donors (Lipinski definition) is 0. The van der Waals surface area contributed by atoms with Crippen LogP contribution in [0, 0.1) is 0 Å². The average Bonchev–Trinajstić information content (AvgIpc) is 2.26. The molecule has 1 atom stereocenters. The Labute approximate surface area is 96.3 Å². The molecule has 0 N–H and O–H groups in total. The predicted molar refractivity (Wildman–Crippen MR) is 58.5 cm³/mol. The molecule has 0 aromatic carbocycles. The molecule has 0 saturated carbocycles. The minimum atomic E-state index is -0.433. The van der Waals surface area contributed by atoms with Crippen molar-refractivity contribution in [2.24, 2.45) is 0 Å². The maximum Gasteiger partial charge on any atom is 0.333 e. The van der Waals surface area contributed by atoms with E-state index in [1.807, 2.05) is 6.92 Å². The van der Waals surface area contributed by atoms with Crippen molar-refractivity contribution < 1.29 is 23.7 Å². The maximum absolute atomic E-state index is 10.8. The van der Waals surface area contributed by atoms with Gasteiger partial charge in [0.05, 0.1) is 18.9 Å². The Morgan fingerprint density at radius 1 is 1.31 bits per heavy atom. The molecule has 94 valence electrons. The minimum absolute atomic E-state index is 0.0424. The number of rotatable bonds is 9. The summed E-state index contributed by atoms with van der Waals surface area (Å²) in [7, 11) is 0. The molecule has 0 aromatic heterocycles. The topological polar surface area (TPSA) is 54.0 Å². The fourth-order valence-electron chi connectivity index (χ4n) is 0.800. The first-order valence-corrected chi connectivity index (χ1v) is 5.38. The third-order valence-electron chi connectivity index (χ3n) is 1.51. The van der Waals surface area contributed by atoms with Gasteiger partial charge in [0, 0.05) is 6.61 Å². The molecular formula is C11H20O5. The molecule has 0 bridgehead atoms. The van der Waals surface area contributed by atoms with Crippen molar-refractivity contribution in [1.29, 1.82) is 0 Å². The quantitative estimate of drug-likeness (QED) is 0.199. The molecular weight excluding hydrogens is 212 g/mol. The van der Waals surface area contributed by atoms with Gasteiger partial charge in [0.1, 0.15) is 0 Å². The van der Waals surface area contributed by atoms with Gasteiger partial charge in [-0.2, -0.15) is 0 Å². The van der Waals surface area contributed by atoms with Crippen molar-refractivity contribution in [3.63, 3.8) is 0 Å². The van der Waals surface area contributed by atoms with Crippen LogP contribution < -0.4 is 0 Å². The summed E-state index contributed by atoms with van der Waals surface area (Å²) < 4.78 is 19.9. The molecule has 5 heteroatoms. The van der Waals surface area contributed by atoms with E-state index in [-0.39, 0.29) is 13.1 Å². The van der Waals surface area contributed by atoms with Crippen molar-refractivity contribution in [2.45, 2.75) is 33.5 Å². The normalized spacial score (nSPS) is 12.7. The molecule has 1 unspecified atom stereocenters. The highest BCUT2D eigenvalue weighted by Crippen LogP contribution is 1.95. The first-order chi connectivity index (χ1) is 7.70. The first kappa shape index (κ1) is 14.9. The lowest BCUT2D eigenvalue weighted by Crippen LogP contribution is -2.14. The van der Waals surface area contributed by atoms with Gasteiger partial charge in [-0.25, -0.2) is 4.79 Å². The van der Waals surface area contributed by atoms with E-state index in [1.54, 1.807) is 13.8 Å². The highest BCUT2D eigenvalue weighted by Gasteiger charge is 1.99. The fraction of sp³-hybridized carbons (Fsp3) is 0.727. The number of carbonyl (C=O) groups is 1. The molecule has 0 fully saturated rings. The number of esters is 1. The van der Waals surface area contributed by atoms with Gasteiger partial charge in [-0.15, -0.1) is 0 Å². The summed E-state index contributed by atoms with van der Waals surface area (Å²) in [5.74, 6) is -0.433. The second-order valence-corrected chi connectivity index (χ2v) is 2.94. The van der Waals surface area contributed by atoms with Gasteiger partial charge in [-0.3, -0.25) is 0 Å². The standard InChI is InChI=1S/C11H20O5/c1-4-7-15-10(3)16-9-13-8-6-11(12)14-5-2/h6,8,10H,4-5,7,9H2,1-3H3/b8-6+. The Bertz CT molecular complexity index is 203. The third-order valence-corrected chi connectivity index (χ3v) is 1.51. The molecule has 0 saturated heterocycles. The van der Waals surface area contributed by atoms with E-state index in [0.29, 0.717) is 13.2 Å². The third kappa shape index (κ3) is 9.48. The van der Waals surface area contributed by atoms with E-state index in [4.69, 9.17) is 14.2 Å². The highest BCUT2D eigenvalue weighted by atomic mass is 16.7. The van der Waals surface area contributed by atoms with Gasteiger partial charge >= 0.3 is 5.97 Å². The molecule has 0 radical (unpaired) electrons. The Morgan fingerprint density at radius 3 is 2.69 bits per heavy atom. The Hall–Kier alpha value is -1.07. The van der Waals surface area contributed by atoms with E-state index in [0.717, 1.165) is 6.42 Å². The monoisotopic (exact) mass is 232 g/mol. The molecule has 0 aliphatic heterocycles. The lowest BCUT2D eigenvalue weighted by molar-refractivity contribution is -0.173. The molecule has 5 nitrogen and oxygen atoms in total. The zero-order chi connectivity index (χ0) is 12.2. The van der Waals surface area contributed by atoms with Gasteiger partial charge in [-0.05, 0) is 20.3 Å². The summed E-state index contributed by atoms with van der Waals surface area (Å²) in [5, 5.41) is 0. The van der Waals surface area contributed by atoms with Crippen molar-refractivity contribution in [3.8, 4) is 0 Å². The predicted octanol–water partition coefficient (Wildman–Crippen LogP) is 1.83. The minimum Gasteiger partial charge on any atom is -0.475 e. The van der Waals surface area contributed by atoms with E-state index in [2.05, 4.69) is 4.74 Å². The zero-order valence-corrected chi connectivity index (χ0v) is 10.1. The van der Waals surface area contributed by atoms with Crippen LogP contribution >= 0.6 is 0 Å². The van der Waals surface area contributed by atoms with Crippen LogP contribution in [0.4, 0.5) is 0 Å². The molecule has 0 amide bonds. The van der Waals surface area contributed by atoms with Gasteiger partial charge in [-0.1, -0.05) is 6.92 Å². The number of hydrogen-bond acceptors (Lipinski definition) is 5. The van der Waals surface area contributed by atoms with E-state index < -0.39 is 5.97 Å². The molecule has 0 spiro atoms. The van der Waals surface area contributed by atoms with Crippen molar-refractivity contribution in [3.05, 3.63) is 12.3 Å². The van der Waals surface area contributed by atoms with Crippen LogP contribution in [0.1, 0.15) is 27.2 Å². The molecule has 0 aromatic rings. The molecule has 0 heterocycles. The lowest BCUT2D eigenvalue weighted by atomic mass is 10.5. The number of ether oxygens (including phenoxy) is 4. The first-order valence-electron chi connectivity index (χ1n) is 5.38. The lowest BCUT2D eigenvalue weighted by Gasteiger charge is -2.12. The fourth-order valence-corrected chi connectivity index (χ4v) is 0.800. The summed E-state index contributed by atoms with van der Waals surface area (Å²) in [4.78, 5) is 10.8. The molecule has 0 aliphatic carbocycles. The molecule has 16 heavy (non-hydrogen) atoms. The average molecular weight is 232 g/mol. The second-order valence-electron chi connectivity index (χ2n) is 2.94. The van der Waals surface area contributed by atoms with Crippen molar-refractivity contribution in [1.82, 2.24) is 0 Å². The Morgan fingerprint density at radius 2 is 2.06 bits per heavy atom. The van der Waals surface area contributed by atoms with Gasteiger partial charge in [0.2, 0.25) is 0 Å². The van der Waals surface area contributed by atoms with Crippen LogP contribution in [0.5, 0.6) is 0 Å². The van der Waals surface area contributed by atoms with Gasteiger partial charge in [0.15, 0.2) is 13.1 Å². The highest BCUT2D eigenvalue weighted by molar-refractivity contribution is 5.81. The Balaban J connectivity index is 3.41. The van der Waals surface area contributed by atoms with Crippen LogP contribution in [-0.4, -0.2) is 32.3 Å². The summed E-state index contributed by atoms with van der Waals surface area (Å²) in [6, 6.07) is 0. The molecule has 0 rings (SSSR count). The zero-order valence-electron chi connectivity index (χ0n) is 10.1. The molecule has 0 aliphatic rings.